The van der Waals surface area contributed by atoms with Crippen LogP contribution in [-0.4, -0.2) is 51.4 Å². The van der Waals surface area contributed by atoms with Gasteiger partial charge in [0.25, 0.3) is 0 Å². The molecule has 0 atom stereocenters. The third-order valence-corrected chi connectivity index (χ3v) is 0. The van der Waals surface area contributed by atoms with E-state index < -0.39 is 0 Å². The number of hydrogen-bond acceptors (Lipinski definition) is 1. The maximum atomic E-state index is 6.86. The van der Waals surface area contributed by atoms with Gasteiger partial charge >= 0.3 is 51.4 Å². The van der Waals surface area contributed by atoms with Crippen molar-refractivity contribution in [1.82, 2.24) is 0 Å². The molecule has 0 rings (SSSR count). The van der Waals surface area contributed by atoms with E-state index in [2.05, 4.69) is 0 Å². The molecule has 0 spiro atoms. The maximum absolute atomic E-state index is 6.86. The molecule has 1 N–H and O–H groups in total. The zero-order valence-corrected chi connectivity index (χ0v) is 1.39. The van der Waals surface area contributed by atoms with Crippen LogP contribution in [0.25, 0.3) is 10.4 Å². The predicted octanol–water partition coefficient (Wildman–Crippen LogP) is 0.227. The van der Waals surface area contributed by atoms with Crippen molar-refractivity contribution in [1.29, 1.82) is 5.53 Å². The molecule has 0 saturated heterocycles. The topological polar surface area (TPSA) is 60.3 Å². The normalized spacial score (nSPS) is 2.00. The molecule has 0 bridgehead atoms. The van der Waals surface area contributed by atoms with E-state index in [1.54, 1.807) is 4.91 Å². The Kier molecular flexibility index (Phi) is 20.1. The van der Waals surface area contributed by atoms with E-state index in [4.69, 9.17) is 11.1 Å². The van der Waals surface area contributed by atoms with E-state index in [9.17, 15) is 0 Å². The first kappa shape index (κ1) is 8.87. The summed E-state index contributed by atoms with van der Waals surface area (Å²) < 4.78 is 0. The average Bonchev–Trinajstić information content (AvgIpc) is 0.918. The fourth-order valence-electron chi connectivity index (χ4n) is 0. The van der Waals surface area contributed by atoms with Crippen LogP contribution in [0.2, 0.25) is 0 Å². The summed E-state index contributed by atoms with van der Waals surface area (Å²) in [4.78, 5) is 1.75. The van der Waals surface area contributed by atoms with Gasteiger partial charge in [0.2, 0.25) is 0 Å². The molecule has 4 heavy (non-hydrogen) atoms. The van der Waals surface area contributed by atoms with E-state index in [1.165, 1.54) is 0 Å². The van der Waals surface area contributed by atoms with Crippen molar-refractivity contribution in [3.05, 3.63) is 10.4 Å². The van der Waals surface area contributed by atoms with Crippen LogP contribution in [0, 0.1) is 5.53 Å². The van der Waals surface area contributed by atoms with Crippen molar-refractivity contribution in [2.24, 2.45) is 0 Å². The second-order valence-electron chi connectivity index (χ2n) is 0.100. The van der Waals surface area contributed by atoms with Gasteiger partial charge in [-0.3, -0.25) is 0 Å². The number of nitrogens with one attached hydrogen (secondary N) is 1. The molecule has 3 nitrogen and oxygen atoms in total. The van der Waals surface area contributed by atoms with Gasteiger partial charge in [0, 0.05) is 0 Å². The van der Waals surface area contributed by atoms with Crippen LogP contribution in [0.4, 0.5) is 0 Å². The molecule has 0 aromatic heterocycles. The van der Waals surface area contributed by atoms with Gasteiger partial charge in [-0.15, -0.1) is 5.53 Å². The molecule has 0 aromatic rings. The van der Waals surface area contributed by atoms with E-state index in [-0.39, 0.29) is 51.4 Å². The third kappa shape index (κ3) is 12.5. The largest absolute Gasteiger partial charge is 0.108 e. The van der Waals surface area contributed by atoms with Gasteiger partial charge in [-0.2, -0.15) is 0 Å². The number of hydrogen-bond donors (Lipinski definition) is 1. The smallest absolute Gasteiger partial charge is 0.00208 e. The molecule has 18 valence electrons. The Morgan fingerprint density at radius 2 is 1.75 bits per heavy atom. The van der Waals surface area contributed by atoms with Gasteiger partial charge < -0.3 is 0 Å². The SMILES string of the molecule is [KH].[N-]=[N+]=N. The van der Waals surface area contributed by atoms with Crippen molar-refractivity contribution in [3.63, 3.8) is 0 Å². The van der Waals surface area contributed by atoms with E-state index >= 15 is 0 Å². The van der Waals surface area contributed by atoms with Crippen LogP contribution in [0.1, 0.15) is 0 Å². The van der Waals surface area contributed by atoms with Crippen molar-refractivity contribution in [3.8, 4) is 0 Å². The quantitative estimate of drug-likeness (QED) is 0.188. The van der Waals surface area contributed by atoms with Gasteiger partial charge in [0.1, 0.15) is 0 Å². The van der Waals surface area contributed by atoms with Crippen LogP contribution in [0.3, 0.4) is 0 Å². The van der Waals surface area contributed by atoms with Crippen molar-refractivity contribution in [2.75, 3.05) is 0 Å². The zero-order valence-electron chi connectivity index (χ0n) is 1.39. The van der Waals surface area contributed by atoms with Gasteiger partial charge in [-0.25, -0.2) is 0 Å². The molecule has 0 aliphatic carbocycles. The standard InChI is InChI=1S/K.HN3.H/c;1-3-2;/h;1H;. The second kappa shape index (κ2) is 9.04. The summed E-state index contributed by atoms with van der Waals surface area (Å²) in [5, 5.41) is 0. The molecule has 0 aromatic carbocycles. The summed E-state index contributed by atoms with van der Waals surface area (Å²) in [6.07, 6.45) is 0. The first-order valence-corrected chi connectivity index (χ1v) is 0.424. The van der Waals surface area contributed by atoms with Gasteiger partial charge in [-0.05, 0) is 10.4 Å². The van der Waals surface area contributed by atoms with Gasteiger partial charge in [0.15, 0.2) is 0 Å². The van der Waals surface area contributed by atoms with Crippen LogP contribution >= 0.6 is 0 Å². The van der Waals surface area contributed by atoms with E-state index in [0.717, 1.165) is 0 Å². The molecule has 0 amide bonds. The second-order valence-corrected chi connectivity index (χ2v) is 0.100. The molecular formula is H2KN3. The summed E-state index contributed by atoms with van der Waals surface area (Å²) in [6.45, 7) is 0. The first-order valence-electron chi connectivity index (χ1n) is 0.424. The van der Waals surface area contributed by atoms with Crippen molar-refractivity contribution >= 4 is 51.4 Å². The minimum Gasteiger partial charge on any atom is -0.108 e. The monoisotopic (exact) mass is 83.0 g/mol. The maximum Gasteiger partial charge on any atom is -0.00208 e. The third-order valence-electron chi connectivity index (χ3n) is 0. The Morgan fingerprint density at radius 3 is 1.75 bits per heavy atom. The first-order chi connectivity index (χ1) is 1.41. The number of nitrogens with zero attached hydrogens (tertiary/aromatic N) is 2. The van der Waals surface area contributed by atoms with Crippen LogP contribution in [-0.2, 0) is 0 Å². The Labute approximate surface area is 66.2 Å². The Morgan fingerprint density at radius 1 is 1.75 bits per heavy atom. The fourth-order valence-corrected chi connectivity index (χ4v) is 0. The van der Waals surface area contributed by atoms with E-state index in [1.807, 2.05) is 0 Å². The van der Waals surface area contributed by atoms with Crippen LogP contribution < -0.4 is 0 Å². The fraction of sp³-hybridized carbons (Fsp3) is 0. The molecule has 0 saturated carbocycles. The van der Waals surface area contributed by atoms with Gasteiger partial charge in [0.05, 0.1) is 0 Å². The van der Waals surface area contributed by atoms with Crippen molar-refractivity contribution in [2.45, 2.75) is 0 Å². The molecule has 4 heteroatoms. The predicted molar refractivity (Wildman–Crippen MR) is 16.6 cm³/mol. The van der Waals surface area contributed by atoms with E-state index in [0.29, 0.717) is 0 Å². The molecule has 0 heterocycles. The van der Waals surface area contributed by atoms with Crippen molar-refractivity contribution < 1.29 is 0 Å². The molecule has 0 aliphatic rings. The molecule has 0 fully saturated rings. The Bertz CT molecular complexity index is 24.3. The number of rotatable bonds is 0. The van der Waals surface area contributed by atoms with Gasteiger partial charge in [-0.1, -0.05) is 0 Å². The average molecular weight is 83.1 g/mol. The minimum atomic E-state index is 0. The summed E-state index contributed by atoms with van der Waals surface area (Å²) in [5.41, 5.74) is 12.2. The minimum absolute atomic E-state index is 0. The Balaban J connectivity index is 0. The summed E-state index contributed by atoms with van der Waals surface area (Å²) >= 11 is 0. The molecular weight excluding hydrogens is 81.1 g/mol. The molecule has 0 aliphatic heterocycles. The van der Waals surface area contributed by atoms with Crippen LogP contribution in [0.15, 0.2) is 0 Å². The molecule has 0 radical (unpaired) electrons. The summed E-state index contributed by atoms with van der Waals surface area (Å²) in [6, 6.07) is 0. The molecule has 0 unspecified atom stereocenters. The summed E-state index contributed by atoms with van der Waals surface area (Å²) in [7, 11) is 0. The Hall–Kier alpha value is 0.946. The summed E-state index contributed by atoms with van der Waals surface area (Å²) in [5.74, 6) is 0. The zero-order chi connectivity index (χ0) is 2.71. The van der Waals surface area contributed by atoms with Crippen LogP contribution in [0.5, 0.6) is 0 Å².